The molecule has 0 unspecified atom stereocenters. The van der Waals surface area contributed by atoms with Crippen molar-refractivity contribution < 1.29 is 24.5 Å². The maximum Gasteiger partial charge on any atom is 0.252 e. The first kappa shape index (κ1) is 13.4. The van der Waals surface area contributed by atoms with E-state index in [0.29, 0.717) is 29.9 Å². The summed E-state index contributed by atoms with van der Waals surface area (Å²) in [6.07, 6.45) is 1.01. The van der Waals surface area contributed by atoms with Gasteiger partial charge in [0.1, 0.15) is 6.10 Å². The summed E-state index contributed by atoms with van der Waals surface area (Å²) >= 11 is 0. The molecule has 0 saturated heterocycles. The van der Waals surface area contributed by atoms with Crippen LogP contribution in [0.25, 0.3) is 5.57 Å². The number of hydrogen-bond donors (Lipinski definition) is 3. The lowest BCUT2D eigenvalue weighted by atomic mass is 9.62. The maximum absolute atomic E-state index is 12.7. The summed E-state index contributed by atoms with van der Waals surface area (Å²) < 4.78 is 10.8. The van der Waals surface area contributed by atoms with Crippen LogP contribution in [-0.2, 0) is 0 Å². The minimum atomic E-state index is -0.996. The third-order valence-corrected chi connectivity index (χ3v) is 5.54. The van der Waals surface area contributed by atoms with Crippen molar-refractivity contribution in [3.63, 3.8) is 0 Å². The Morgan fingerprint density at radius 1 is 1.17 bits per heavy atom. The summed E-state index contributed by atoms with van der Waals surface area (Å²) in [5, 5.41) is 23.9. The van der Waals surface area contributed by atoms with Gasteiger partial charge in [0, 0.05) is 0 Å². The Morgan fingerprint density at radius 2 is 1.91 bits per heavy atom. The zero-order valence-electron chi connectivity index (χ0n) is 12.5. The number of carbonyl (C=O) groups is 1. The molecule has 4 aliphatic rings. The maximum atomic E-state index is 12.7. The van der Waals surface area contributed by atoms with Crippen LogP contribution in [0.4, 0.5) is 0 Å². The van der Waals surface area contributed by atoms with Crippen LogP contribution in [0.2, 0.25) is 0 Å². The van der Waals surface area contributed by atoms with Crippen molar-refractivity contribution in [2.24, 2.45) is 0 Å². The second kappa shape index (κ2) is 4.27. The highest BCUT2D eigenvalue weighted by Gasteiger charge is 2.55. The number of amides is 1. The quantitative estimate of drug-likeness (QED) is 0.664. The lowest BCUT2D eigenvalue weighted by molar-refractivity contribution is -0.0355. The molecule has 0 fully saturated rings. The Balaban J connectivity index is 1.81. The Hall–Kier alpha value is -2.05. The molecule has 2 bridgehead atoms. The van der Waals surface area contributed by atoms with Crippen molar-refractivity contribution in [3.8, 4) is 11.5 Å². The number of fused-ring (bicyclic) bond motifs is 2. The van der Waals surface area contributed by atoms with Crippen LogP contribution < -0.4 is 14.8 Å². The van der Waals surface area contributed by atoms with E-state index in [1.165, 1.54) is 0 Å². The zero-order chi connectivity index (χ0) is 15.8. The highest BCUT2D eigenvalue weighted by Crippen LogP contribution is 2.52. The number of ether oxygens (including phenoxy) is 2. The third-order valence-electron chi connectivity index (χ3n) is 5.54. The molecule has 0 aromatic heterocycles. The number of benzene rings is 1. The van der Waals surface area contributed by atoms with Gasteiger partial charge in [-0.15, -0.1) is 0 Å². The largest absolute Gasteiger partial charge is 0.454 e. The van der Waals surface area contributed by atoms with E-state index in [9.17, 15) is 15.0 Å². The molecule has 2 aliphatic carbocycles. The van der Waals surface area contributed by atoms with Gasteiger partial charge in [0.2, 0.25) is 6.79 Å². The molecular weight excluding hydrogens is 298 g/mol. The number of aliphatic hydroxyl groups excluding tert-OH is 2. The molecule has 1 aromatic rings. The summed E-state index contributed by atoms with van der Waals surface area (Å²) in [4.78, 5) is 12.7. The number of nitrogens with one attached hydrogen (secondary N) is 1. The Labute approximate surface area is 132 Å². The van der Waals surface area contributed by atoms with Crippen LogP contribution in [-0.4, -0.2) is 40.7 Å². The van der Waals surface area contributed by atoms with E-state index in [1.807, 2.05) is 6.07 Å². The van der Waals surface area contributed by atoms with Gasteiger partial charge in [-0.25, -0.2) is 0 Å². The van der Waals surface area contributed by atoms with E-state index in [-0.39, 0.29) is 12.7 Å². The first-order chi connectivity index (χ1) is 11.1. The highest BCUT2D eigenvalue weighted by atomic mass is 16.7. The molecule has 0 spiro atoms. The normalized spacial score (nSPS) is 33.9. The van der Waals surface area contributed by atoms with Gasteiger partial charge in [-0.1, -0.05) is 5.57 Å². The molecule has 6 nitrogen and oxygen atoms in total. The van der Waals surface area contributed by atoms with Crippen molar-refractivity contribution in [1.82, 2.24) is 5.32 Å². The van der Waals surface area contributed by atoms with Crippen molar-refractivity contribution in [1.29, 1.82) is 0 Å². The number of rotatable bonds is 0. The highest BCUT2D eigenvalue weighted by molar-refractivity contribution is 6.07. The van der Waals surface area contributed by atoms with Crippen LogP contribution in [0.1, 0.15) is 41.6 Å². The van der Waals surface area contributed by atoms with Crippen molar-refractivity contribution >= 4 is 11.5 Å². The van der Waals surface area contributed by atoms with Gasteiger partial charge in [-0.2, -0.15) is 0 Å². The van der Waals surface area contributed by atoms with Gasteiger partial charge in [0.25, 0.3) is 5.91 Å². The Kier molecular flexibility index (Phi) is 2.49. The van der Waals surface area contributed by atoms with Crippen LogP contribution in [0.3, 0.4) is 0 Å². The predicted molar refractivity (Wildman–Crippen MR) is 80.2 cm³/mol. The van der Waals surface area contributed by atoms with Crippen molar-refractivity contribution in [3.05, 3.63) is 28.8 Å². The SMILES string of the molecule is O=C1N[C@]23CCCC(=C2c2cc4c(cc21)OCO4)C[C@@H](O)[C@H]3O. The van der Waals surface area contributed by atoms with Gasteiger partial charge >= 0.3 is 0 Å². The average molecular weight is 315 g/mol. The van der Waals surface area contributed by atoms with Crippen LogP contribution in [0, 0.1) is 0 Å². The molecule has 3 atom stereocenters. The fourth-order valence-electron chi connectivity index (χ4n) is 4.57. The summed E-state index contributed by atoms with van der Waals surface area (Å²) in [6, 6.07) is 3.55. The second-order valence-corrected chi connectivity index (χ2v) is 6.72. The van der Waals surface area contributed by atoms with Gasteiger partial charge in [-0.3, -0.25) is 4.79 Å². The minimum absolute atomic E-state index is 0.151. The Bertz CT molecular complexity index is 770. The van der Waals surface area contributed by atoms with Crippen LogP contribution >= 0.6 is 0 Å². The molecule has 1 aromatic carbocycles. The lowest BCUT2D eigenvalue weighted by Crippen LogP contribution is -2.66. The molecule has 23 heavy (non-hydrogen) atoms. The van der Waals surface area contributed by atoms with Gasteiger partial charge < -0.3 is 25.0 Å². The zero-order valence-corrected chi connectivity index (χ0v) is 12.5. The fourth-order valence-corrected chi connectivity index (χ4v) is 4.57. The van der Waals surface area contributed by atoms with Gasteiger partial charge in [-0.05, 0) is 49.0 Å². The van der Waals surface area contributed by atoms with Gasteiger partial charge in [0.15, 0.2) is 11.5 Å². The third kappa shape index (κ3) is 1.57. The molecule has 2 heterocycles. The monoisotopic (exact) mass is 315 g/mol. The Morgan fingerprint density at radius 3 is 2.70 bits per heavy atom. The number of aliphatic hydroxyl groups is 2. The molecule has 120 valence electrons. The van der Waals surface area contributed by atoms with E-state index in [4.69, 9.17) is 9.47 Å². The number of carbonyl (C=O) groups excluding carboxylic acids is 1. The fraction of sp³-hybridized carbons (Fsp3) is 0.471. The minimum Gasteiger partial charge on any atom is -0.454 e. The van der Waals surface area contributed by atoms with Crippen LogP contribution in [0.5, 0.6) is 11.5 Å². The summed E-state index contributed by atoms with van der Waals surface area (Å²) in [7, 11) is 0. The van der Waals surface area contributed by atoms with E-state index >= 15 is 0 Å². The topological polar surface area (TPSA) is 88.0 Å². The first-order valence-corrected chi connectivity index (χ1v) is 7.95. The second-order valence-electron chi connectivity index (χ2n) is 6.72. The molecule has 5 rings (SSSR count). The standard InChI is InChI=1S/C17H17NO5/c19-11-4-8-2-1-3-17(15(11)20)14(8)9-5-12-13(23-7-22-12)6-10(9)16(21)18-17/h5-6,11,15,19-20H,1-4,7H2,(H,18,21)/t11-,15-,17-/m1/s1. The molecule has 0 saturated carbocycles. The predicted octanol–water partition coefficient (Wildman–Crippen LogP) is 0.960. The van der Waals surface area contributed by atoms with E-state index in [0.717, 1.165) is 29.6 Å². The van der Waals surface area contributed by atoms with E-state index < -0.39 is 17.7 Å². The van der Waals surface area contributed by atoms with E-state index in [2.05, 4.69) is 5.32 Å². The molecule has 0 radical (unpaired) electrons. The van der Waals surface area contributed by atoms with Crippen molar-refractivity contribution in [2.45, 2.75) is 43.4 Å². The molecule has 1 amide bonds. The molecular formula is C17H17NO5. The summed E-state index contributed by atoms with van der Waals surface area (Å²) in [5.41, 5.74) is 2.55. The van der Waals surface area contributed by atoms with E-state index in [1.54, 1.807) is 6.07 Å². The first-order valence-electron chi connectivity index (χ1n) is 7.95. The summed E-state index contributed by atoms with van der Waals surface area (Å²) in [6.45, 7) is 0.151. The molecule has 6 heteroatoms. The summed E-state index contributed by atoms with van der Waals surface area (Å²) in [5.74, 6) is 0.957. The van der Waals surface area contributed by atoms with Crippen LogP contribution in [0.15, 0.2) is 17.7 Å². The molecule has 3 N–H and O–H groups in total. The average Bonchev–Trinajstić information content (AvgIpc) is 2.99. The van der Waals surface area contributed by atoms with Crippen molar-refractivity contribution in [2.75, 3.05) is 6.79 Å². The molecule has 2 aliphatic heterocycles. The van der Waals surface area contributed by atoms with Gasteiger partial charge in [0.05, 0.1) is 17.2 Å². The smallest absolute Gasteiger partial charge is 0.252 e. The lowest BCUT2D eigenvalue weighted by Gasteiger charge is -2.52. The number of hydrogen-bond acceptors (Lipinski definition) is 5.